The van der Waals surface area contributed by atoms with Gasteiger partial charge in [-0.25, -0.2) is 9.59 Å². The summed E-state index contributed by atoms with van der Waals surface area (Å²) in [6.45, 7) is 5.21. The fourth-order valence-corrected chi connectivity index (χ4v) is 1.59. The quantitative estimate of drug-likeness (QED) is 0.743. The minimum absolute atomic E-state index is 0.102. The van der Waals surface area contributed by atoms with Crippen LogP contribution in [0.15, 0.2) is 0 Å². The van der Waals surface area contributed by atoms with Crippen LogP contribution in [0.4, 0.5) is 4.79 Å². The first-order valence-corrected chi connectivity index (χ1v) is 5.45. The van der Waals surface area contributed by atoms with Crippen LogP contribution in [0.25, 0.3) is 0 Å². The van der Waals surface area contributed by atoms with Gasteiger partial charge in [-0.2, -0.15) is 0 Å². The van der Waals surface area contributed by atoms with Crippen LogP contribution >= 0.6 is 0 Å². The topological polar surface area (TPSA) is 83.9 Å². The van der Waals surface area contributed by atoms with Crippen LogP contribution < -0.4 is 0 Å². The maximum atomic E-state index is 11.8. The van der Waals surface area contributed by atoms with Gasteiger partial charge in [0, 0.05) is 19.4 Å². The number of nitrogens with zero attached hydrogens (tertiary/aromatic N) is 1. The van der Waals surface area contributed by atoms with Crippen molar-refractivity contribution in [2.75, 3.05) is 6.54 Å². The predicted octanol–water partition coefficient (Wildman–Crippen LogP) is 1.04. The van der Waals surface area contributed by atoms with Crippen LogP contribution in [-0.4, -0.2) is 46.0 Å². The lowest BCUT2D eigenvalue weighted by atomic mass is 10.0. The monoisotopic (exact) mass is 243 g/mol. The summed E-state index contributed by atoms with van der Waals surface area (Å²) in [4.78, 5) is 35.0. The average Bonchev–Trinajstić information content (AvgIpc) is 2.14. The first-order chi connectivity index (χ1) is 7.70. The van der Waals surface area contributed by atoms with E-state index >= 15 is 0 Å². The van der Waals surface area contributed by atoms with Crippen molar-refractivity contribution in [2.45, 2.75) is 45.3 Å². The number of ether oxygens (including phenoxy) is 1. The van der Waals surface area contributed by atoms with E-state index in [2.05, 4.69) is 0 Å². The van der Waals surface area contributed by atoms with Gasteiger partial charge in [0.15, 0.2) is 0 Å². The molecule has 0 spiro atoms. The van der Waals surface area contributed by atoms with Crippen molar-refractivity contribution in [3.63, 3.8) is 0 Å². The molecule has 1 fully saturated rings. The highest BCUT2D eigenvalue weighted by molar-refractivity contribution is 5.90. The van der Waals surface area contributed by atoms with Crippen molar-refractivity contribution in [3.8, 4) is 0 Å². The number of hydrogen-bond acceptors (Lipinski definition) is 4. The summed E-state index contributed by atoms with van der Waals surface area (Å²) in [6.07, 6.45) is -0.644. The number of amides is 1. The number of ketones is 1. The third-order valence-electron chi connectivity index (χ3n) is 2.34. The molecule has 1 atom stereocenters. The van der Waals surface area contributed by atoms with Crippen molar-refractivity contribution in [2.24, 2.45) is 0 Å². The molecule has 1 N–H and O–H groups in total. The SMILES string of the molecule is CC(C)(C)OC(=O)N1CCC(=O)C[C@H]1C(=O)O. The number of carboxylic acid groups (broad SMARTS) is 1. The van der Waals surface area contributed by atoms with Crippen LogP contribution in [0, 0.1) is 0 Å². The third kappa shape index (κ3) is 3.72. The molecule has 0 aromatic heterocycles. The molecule has 0 radical (unpaired) electrons. The van der Waals surface area contributed by atoms with Crippen LogP contribution in [0.2, 0.25) is 0 Å². The van der Waals surface area contributed by atoms with Gasteiger partial charge >= 0.3 is 12.1 Å². The highest BCUT2D eigenvalue weighted by atomic mass is 16.6. The summed E-state index contributed by atoms with van der Waals surface area (Å²) in [7, 11) is 0. The number of Topliss-reactive ketones (excluding diaryl/α,β-unsaturated/α-hetero) is 1. The van der Waals surface area contributed by atoms with E-state index in [4.69, 9.17) is 9.84 Å². The van der Waals surface area contributed by atoms with Gasteiger partial charge in [-0.15, -0.1) is 0 Å². The second-order valence-electron chi connectivity index (χ2n) is 5.02. The summed E-state index contributed by atoms with van der Waals surface area (Å²) in [5.74, 6) is -1.32. The van der Waals surface area contributed by atoms with E-state index in [1.54, 1.807) is 20.8 Å². The zero-order valence-corrected chi connectivity index (χ0v) is 10.2. The van der Waals surface area contributed by atoms with Crippen molar-refractivity contribution < 1.29 is 24.2 Å². The molecule has 0 aromatic rings. The van der Waals surface area contributed by atoms with Crippen LogP contribution in [0.3, 0.4) is 0 Å². The molecule has 0 unspecified atom stereocenters. The van der Waals surface area contributed by atoms with Crippen molar-refractivity contribution in [1.82, 2.24) is 4.90 Å². The fraction of sp³-hybridized carbons (Fsp3) is 0.727. The normalized spacial score (nSPS) is 21.2. The van der Waals surface area contributed by atoms with Crippen molar-refractivity contribution in [3.05, 3.63) is 0 Å². The number of hydrogen-bond donors (Lipinski definition) is 1. The summed E-state index contributed by atoms with van der Waals surface area (Å²) in [5, 5.41) is 8.97. The zero-order valence-electron chi connectivity index (χ0n) is 10.2. The van der Waals surface area contributed by atoms with Gasteiger partial charge in [0.1, 0.15) is 17.4 Å². The summed E-state index contributed by atoms with van der Waals surface area (Å²) in [6, 6.07) is -1.11. The number of carboxylic acids is 1. The Hall–Kier alpha value is -1.59. The molecule has 96 valence electrons. The van der Waals surface area contributed by atoms with Gasteiger partial charge in [0.25, 0.3) is 0 Å². The molecule has 0 bridgehead atoms. The van der Waals surface area contributed by atoms with Gasteiger partial charge in [0.05, 0.1) is 0 Å². The van der Waals surface area contributed by atoms with Gasteiger partial charge < -0.3 is 9.84 Å². The molecule has 1 amide bonds. The number of carbonyl (C=O) groups excluding carboxylic acids is 2. The Balaban J connectivity index is 2.76. The first-order valence-electron chi connectivity index (χ1n) is 5.45. The highest BCUT2D eigenvalue weighted by Gasteiger charge is 2.37. The minimum Gasteiger partial charge on any atom is -0.480 e. The second-order valence-corrected chi connectivity index (χ2v) is 5.02. The molecule has 17 heavy (non-hydrogen) atoms. The van der Waals surface area contributed by atoms with E-state index in [-0.39, 0.29) is 25.2 Å². The minimum atomic E-state index is -1.18. The van der Waals surface area contributed by atoms with E-state index in [0.29, 0.717) is 0 Å². The number of piperidine rings is 1. The molecule has 6 nitrogen and oxygen atoms in total. The largest absolute Gasteiger partial charge is 0.480 e. The zero-order chi connectivity index (χ0) is 13.2. The Morgan fingerprint density at radius 1 is 1.41 bits per heavy atom. The number of aliphatic carboxylic acids is 1. The molecule has 1 aliphatic rings. The van der Waals surface area contributed by atoms with E-state index < -0.39 is 23.7 Å². The summed E-state index contributed by atoms with van der Waals surface area (Å²) < 4.78 is 5.11. The maximum Gasteiger partial charge on any atom is 0.411 e. The molecule has 0 saturated carbocycles. The lowest BCUT2D eigenvalue weighted by Crippen LogP contribution is -2.51. The lowest BCUT2D eigenvalue weighted by Gasteiger charge is -2.33. The summed E-state index contributed by atoms with van der Waals surface area (Å²) in [5.41, 5.74) is -0.679. The Labute approximate surface area is 99.5 Å². The number of rotatable bonds is 1. The number of carbonyl (C=O) groups is 3. The van der Waals surface area contributed by atoms with Crippen molar-refractivity contribution in [1.29, 1.82) is 0 Å². The van der Waals surface area contributed by atoms with Crippen molar-refractivity contribution >= 4 is 17.8 Å². The molecule has 1 rings (SSSR count). The predicted molar refractivity (Wildman–Crippen MR) is 58.6 cm³/mol. The average molecular weight is 243 g/mol. The van der Waals surface area contributed by atoms with Gasteiger partial charge in [0.2, 0.25) is 0 Å². The maximum absolute atomic E-state index is 11.8. The Morgan fingerprint density at radius 2 is 2.00 bits per heavy atom. The molecular formula is C11H17NO5. The number of likely N-dealkylation sites (tertiary alicyclic amines) is 1. The molecule has 1 aliphatic heterocycles. The van der Waals surface area contributed by atoms with Gasteiger partial charge in [-0.1, -0.05) is 0 Å². The molecule has 6 heteroatoms. The highest BCUT2D eigenvalue weighted by Crippen LogP contribution is 2.18. The van der Waals surface area contributed by atoms with Crippen LogP contribution in [-0.2, 0) is 14.3 Å². The van der Waals surface area contributed by atoms with Crippen LogP contribution in [0.1, 0.15) is 33.6 Å². The molecule has 1 saturated heterocycles. The van der Waals surface area contributed by atoms with Gasteiger partial charge in [-0.3, -0.25) is 9.69 Å². The Morgan fingerprint density at radius 3 is 2.47 bits per heavy atom. The Bertz CT molecular complexity index is 344. The van der Waals surface area contributed by atoms with E-state index in [0.717, 1.165) is 4.90 Å². The second kappa shape index (κ2) is 4.73. The van der Waals surface area contributed by atoms with E-state index in [9.17, 15) is 14.4 Å². The first kappa shape index (κ1) is 13.5. The molecule has 1 heterocycles. The smallest absolute Gasteiger partial charge is 0.411 e. The third-order valence-corrected chi connectivity index (χ3v) is 2.34. The Kier molecular flexibility index (Phi) is 3.75. The van der Waals surface area contributed by atoms with E-state index in [1.807, 2.05) is 0 Å². The van der Waals surface area contributed by atoms with Gasteiger partial charge in [-0.05, 0) is 20.8 Å². The molecule has 0 aromatic carbocycles. The standard InChI is InChI=1S/C11H17NO5/c1-11(2,3)17-10(16)12-5-4-7(13)6-8(12)9(14)15/h8H,4-6H2,1-3H3,(H,14,15)/t8-/m0/s1. The van der Waals surface area contributed by atoms with E-state index in [1.165, 1.54) is 0 Å². The molecular weight excluding hydrogens is 226 g/mol. The molecule has 0 aliphatic carbocycles. The lowest BCUT2D eigenvalue weighted by molar-refractivity contribution is -0.147. The summed E-state index contributed by atoms with van der Waals surface area (Å²) >= 11 is 0. The van der Waals surface area contributed by atoms with Crippen LogP contribution in [0.5, 0.6) is 0 Å². The fourth-order valence-electron chi connectivity index (χ4n) is 1.59.